The first-order chi connectivity index (χ1) is 12.7. The maximum atomic E-state index is 5.47. The molecule has 0 bridgehead atoms. The Kier molecular flexibility index (Phi) is 8.54. The quantitative estimate of drug-likeness (QED) is 0.568. The molecule has 6 nitrogen and oxygen atoms in total. The topological polar surface area (TPSA) is 55.3 Å². The molecule has 0 radical (unpaired) electrons. The Hall–Kier alpha value is -1.95. The zero-order chi connectivity index (χ0) is 18.8. The Bertz CT molecular complexity index is 571. The van der Waals surface area contributed by atoms with Crippen LogP contribution in [-0.2, 0) is 11.3 Å². The van der Waals surface area contributed by atoms with Crippen molar-refractivity contribution in [2.45, 2.75) is 32.7 Å². The summed E-state index contributed by atoms with van der Waals surface area (Å²) in [5.74, 6) is 3.28. The standard InChI is InChI=1S/C20H33N3O3/c1-5-21-20(23(2)11-8-16-9-12-26-13-10-16)22-15-17-6-7-18(24-3)14-19(17)25-4/h6-7,14,16H,5,8-13,15H2,1-4H3,(H,21,22). The van der Waals surface area contributed by atoms with Gasteiger partial charge in [0.1, 0.15) is 11.5 Å². The van der Waals surface area contributed by atoms with Gasteiger partial charge in [0.15, 0.2) is 5.96 Å². The highest BCUT2D eigenvalue weighted by Crippen LogP contribution is 2.25. The molecule has 1 aliphatic rings. The van der Waals surface area contributed by atoms with Gasteiger partial charge in [-0.1, -0.05) is 0 Å². The molecule has 0 atom stereocenters. The lowest BCUT2D eigenvalue weighted by atomic mass is 9.96. The number of hydrogen-bond acceptors (Lipinski definition) is 4. The molecule has 0 aromatic heterocycles. The predicted molar refractivity (Wildman–Crippen MR) is 105 cm³/mol. The molecule has 6 heteroatoms. The summed E-state index contributed by atoms with van der Waals surface area (Å²) in [6.45, 7) is 6.31. The molecule has 0 spiro atoms. The van der Waals surface area contributed by atoms with Gasteiger partial charge in [-0.15, -0.1) is 0 Å². The van der Waals surface area contributed by atoms with Crippen molar-refractivity contribution in [1.82, 2.24) is 10.2 Å². The fraction of sp³-hybridized carbons (Fsp3) is 0.650. The number of hydrogen-bond donors (Lipinski definition) is 1. The van der Waals surface area contributed by atoms with Crippen LogP contribution in [0.4, 0.5) is 0 Å². The summed E-state index contributed by atoms with van der Waals surface area (Å²) in [4.78, 5) is 7.01. The summed E-state index contributed by atoms with van der Waals surface area (Å²) in [5.41, 5.74) is 1.04. The second-order valence-corrected chi connectivity index (χ2v) is 6.61. The predicted octanol–water partition coefficient (Wildman–Crippen LogP) is 2.92. The van der Waals surface area contributed by atoms with Crippen LogP contribution in [0.5, 0.6) is 11.5 Å². The summed E-state index contributed by atoms with van der Waals surface area (Å²) < 4.78 is 16.2. The van der Waals surface area contributed by atoms with Crippen LogP contribution in [0.15, 0.2) is 23.2 Å². The van der Waals surface area contributed by atoms with E-state index in [1.165, 1.54) is 19.3 Å². The minimum absolute atomic E-state index is 0.567. The third-order valence-electron chi connectivity index (χ3n) is 4.80. The molecule has 1 aromatic rings. The number of nitrogens with one attached hydrogen (secondary N) is 1. The molecule has 2 rings (SSSR count). The smallest absolute Gasteiger partial charge is 0.193 e. The van der Waals surface area contributed by atoms with Gasteiger partial charge in [-0.25, -0.2) is 4.99 Å². The molecule has 0 unspecified atom stereocenters. The number of guanidine groups is 1. The van der Waals surface area contributed by atoms with Crippen molar-refractivity contribution in [2.75, 3.05) is 47.6 Å². The van der Waals surface area contributed by atoms with Gasteiger partial charge in [0.25, 0.3) is 0 Å². The van der Waals surface area contributed by atoms with E-state index >= 15 is 0 Å². The molecule has 1 aliphatic heterocycles. The van der Waals surface area contributed by atoms with E-state index in [0.717, 1.165) is 55.2 Å². The van der Waals surface area contributed by atoms with Crippen molar-refractivity contribution in [3.8, 4) is 11.5 Å². The van der Waals surface area contributed by atoms with Crippen LogP contribution in [0.25, 0.3) is 0 Å². The summed E-state index contributed by atoms with van der Waals surface area (Å²) in [7, 11) is 5.43. The summed E-state index contributed by atoms with van der Waals surface area (Å²) in [5, 5.41) is 3.39. The van der Waals surface area contributed by atoms with Crippen LogP contribution in [-0.4, -0.2) is 58.4 Å². The summed E-state index contributed by atoms with van der Waals surface area (Å²) in [6, 6.07) is 5.84. The number of rotatable bonds is 8. The fourth-order valence-corrected chi connectivity index (χ4v) is 3.13. The van der Waals surface area contributed by atoms with Gasteiger partial charge in [0, 0.05) is 45.0 Å². The first kappa shape index (κ1) is 20.4. The Labute approximate surface area is 157 Å². The highest BCUT2D eigenvalue weighted by molar-refractivity contribution is 5.79. The van der Waals surface area contributed by atoms with E-state index < -0.39 is 0 Å². The van der Waals surface area contributed by atoms with Crippen LogP contribution in [0, 0.1) is 5.92 Å². The van der Waals surface area contributed by atoms with Crippen molar-refractivity contribution >= 4 is 5.96 Å². The lowest BCUT2D eigenvalue weighted by Gasteiger charge is -2.27. The first-order valence-corrected chi connectivity index (χ1v) is 9.46. The van der Waals surface area contributed by atoms with Crippen molar-refractivity contribution in [3.63, 3.8) is 0 Å². The summed E-state index contributed by atoms with van der Waals surface area (Å²) >= 11 is 0. The number of methoxy groups -OCH3 is 2. The largest absolute Gasteiger partial charge is 0.497 e. The van der Waals surface area contributed by atoms with Crippen molar-refractivity contribution in [2.24, 2.45) is 10.9 Å². The molecular weight excluding hydrogens is 330 g/mol. The van der Waals surface area contributed by atoms with Gasteiger partial charge in [-0.2, -0.15) is 0 Å². The number of benzene rings is 1. The van der Waals surface area contributed by atoms with Crippen molar-refractivity contribution in [3.05, 3.63) is 23.8 Å². The molecule has 0 saturated carbocycles. The van der Waals surface area contributed by atoms with E-state index in [0.29, 0.717) is 6.54 Å². The number of aliphatic imine (C=N–C) groups is 1. The molecule has 0 amide bonds. The maximum absolute atomic E-state index is 5.47. The van der Waals surface area contributed by atoms with E-state index in [1.807, 2.05) is 18.2 Å². The Morgan fingerprint density at radius 2 is 2.04 bits per heavy atom. The molecule has 1 aromatic carbocycles. The maximum Gasteiger partial charge on any atom is 0.193 e. The van der Waals surface area contributed by atoms with Crippen LogP contribution in [0.2, 0.25) is 0 Å². The third-order valence-corrected chi connectivity index (χ3v) is 4.80. The second-order valence-electron chi connectivity index (χ2n) is 6.61. The van der Waals surface area contributed by atoms with Crippen LogP contribution < -0.4 is 14.8 Å². The van der Waals surface area contributed by atoms with Gasteiger partial charge >= 0.3 is 0 Å². The molecule has 1 saturated heterocycles. The van der Waals surface area contributed by atoms with Gasteiger partial charge < -0.3 is 24.4 Å². The van der Waals surface area contributed by atoms with Crippen LogP contribution in [0.3, 0.4) is 0 Å². The molecule has 1 N–H and O–H groups in total. The SMILES string of the molecule is CCNC(=NCc1ccc(OC)cc1OC)N(C)CCC1CCOCC1. The molecule has 0 aliphatic carbocycles. The zero-order valence-corrected chi connectivity index (χ0v) is 16.6. The minimum atomic E-state index is 0.567. The van der Waals surface area contributed by atoms with E-state index in [2.05, 4.69) is 24.2 Å². The highest BCUT2D eigenvalue weighted by atomic mass is 16.5. The lowest BCUT2D eigenvalue weighted by Crippen LogP contribution is -2.40. The first-order valence-electron chi connectivity index (χ1n) is 9.46. The summed E-state index contributed by atoms with van der Waals surface area (Å²) in [6.07, 6.45) is 3.52. The van der Waals surface area contributed by atoms with Crippen LogP contribution in [0.1, 0.15) is 31.7 Å². The third kappa shape index (κ3) is 6.09. The molecule has 146 valence electrons. The zero-order valence-electron chi connectivity index (χ0n) is 16.6. The van der Waals surface area contributed by atoms with Gasteiger partial charge in [-0.3, -0.25) is 0 Å². The molecule has 26 heavy (non-hydrogen) atoms. The normalized spacial score (nSPS) is 15.6. The monoisotopic (exact) mass is 363 g/mol. The Balaban J connectivity index is 1.98. The van der Waals surface area contributed by atoms with Gasteiger partial charge in [0.05, 0.1) is 20.8 Å². The van der Waals surface area contributed by atoms with E-state index in [4.69, 9.17) is 19.2 Å². The van der Waals surface area contributed by atoms with Crippen molar-refractivity contribution < 1.29 is 14.2 Å². The van der Waals surface area contributed by atoms with Crippen LogP contribution >= 0.6 is 0 Å². The fourth-order valence-electron chi connectivity index (χ4n) is 3.13. The average Bonchev–Trinajstić information content (AvgIpc) is 2.69. The highest BCUT2D eigenvalue weighted by Gasteiger charge is 2.15. The molecule has 1 heterocycles. The lowest BCUT2D eigenvalue weighted by molar-refractivity contribution is 0.0625. The van der Waals surface area contributed by atoms with E-state index in [1.54, 1.807) is 14.2 Å². The average molecular weight is 364 g/mol. The van der Waals surface area contributed by atoms with E-state index in [9.17, 15) is 0 Å². The number of ether oxygens (including phenoxy) is 3. The van der Waals surface area contributed by atoms with Gasteiger partial charge in [-0.05, 0) is 44.2 Å². The minimum Gasteiger partial charge on any atom is -0.497 e. The van der Waals surface area contributed by atoms with Crippen molar-refractivity contribution in [1.29, 1.82) is 0 Å². The van der Waals surface area contributed by atoms with E-state index in [-0.39, 0.29) is 0 Å². The number of nitrogens with zero attached hydrogens (tertiary/aromatic N) is 2. The Morgan fingerprint density at radius 3 is 2.69 bits per heavy atom. The van der Waals surface area contributed by atoms with Gasteiger partial charge in [0.2, 0.25) is 0 Å². The Morgan fingerprint density at radius 1 is 1.27 bits per heavy atom. The molecule has 1 fully saturated rings. The molecular formula is C20H33N3O3. The second kappa shape index (κ2) is 10.9.